The second-order valence-electron chi connectivity index (χ2n) is 3.24. The van der Waals surface area contributed by atoms with E-state index in [0.717, 1.165) is 0 Å². The minimum absolute atomic E-state index is 0.276. The number of hydrogen-bond acceptors (Lipinski definition) is 1. The number of hydrogen-bond donors (Lipinski definition) is 1. The number of rotatable bonds is 3. The molecule has 1 atom stereocenters. The predicted molar refractivity (Wildman–Crippen MR) is 49.2 cm³/mol. The molecule has 1 rings (SSSR count). The maximum Gasteiger partial charge on any atom is 0.326 e. The molecule has 1 unspecified atom stereocenters. The summed E-state index contributed by atoms with van der Waals surface area (Å²) in [6.07, 6.45) is -4.04. The Kier molecular flexibility index (Phi) is 3.93. The van der Waals surface area contributed by atoms with Crippen LogP contribution in [0, 0.1) is 11.6 Å². The zero-order chi connectivity index (χ0) is 13.4. The van der Waals surface area contributed by atoms with Gasteiger partial charge in [0.2, 0.25) is 0 Å². The van der Waals surface area contributed by atoms with Crippen molar-refractivity contribution >= 4 is 11.6 Å². The van der Waals surface area contributed by atoms with Crippen LogP contribution in [0.4, 0.5) is 26.3 Å². The monoisotopic (exact) mass is 277 g/mol. The first-order valence-corrected chi connectivity index (χ1v) is 4.61. The first-order valence-electron chi connectivity index (χ1n) is 4.24. The maximum atomic E-state index is 12.9. The fraction of sp³-hybridized carbons (Fsp3) is 0.333. The lowest BCUT2D eigenvalue weighted by Gasteiger charge is -2.23. The minimum Gasteiger partial charge on any atom is -0.319 e. The van der Waals surface area contributed by atoms with Crippen LogP contribution in [0.1, 0.15) is 11.6 Å². The molecule has 0 radical (unpaired) electrons. The fourth-order valence-corrected chi connectivity index (χ4v) is 1.39. The van der Waals surface area contributed by atoms with E-state index in [2.05, 4.69) is 0 Å². The van der Waals surface area contributed by atoms with E-state index >= 15 is 0 Å². The molecule has 0 bridgehead atoms. The molecule has 0 saturated carbocycles. The summed E-state index contributed by atoms with van der Waals surface area (Å²) < 4.78 is 75.2. The molecule has 0 aromatic heterocycles. The van der Waals surface area contributed by atoms with Crippen molar-refractivity contribution in [2.24, 2.45) is 5.73 Å². The zero-order valence-electron chi connectivity index (χ0n) is 8.03. The first kappa shape index (κ1) is 14.1. The van der Waals surface area contributed by atoms with Gasteiger partial charge in [0.1, 0.15) is 6.04 Å². The van der Waals surface area contributed by atoms with E-state index in [1.807, 2.05) is 0 Å². The summed E-state index contributed by atoms with van der Waals surface area (Å²) in [5.74, 6) is -7.47. The number of alkyl halides is 4. The highest BCUT2D eigenvalue weighted by atomic mass is 35.5. The van der Waals surface area contributed by atoms with Crippen molar-refractivity contribution < 1.29 is 26.3 Å². The van der Waals surface area contributed by atoms with E-state index in [4.69, 9.17) is 17.3 Å². The van der Waals surface area contributed by atoms with Crippen molar-refractivity contribution in [3.8, 4) is 0 Å². The van der Waals surface area contributed by atoms with Crippen LogP contribution in [0.5, 0.6) is 0 Å². The highest BCUT2D eigenvalue weighted by Gasteiger charge is 2.48. The van der Waals surface area contributed by atoms with Crippen LogP contribution in [0.15, 0.2) is 12.1 Å². The quantitative estimate of drug-likeness (QED) is 0.664. The van der Waals surface area contributed by atoms with Crippen molar-refractivity contribution in [3.63, 3.8) is 0 Å². The molecule has 2 N–H and O–H groups in total. The van der Waals surface area contributed by atoms with E-state index in [-0.39, 0.29) is 6.07 Å². The molecule has 0 fully saturated rings. The third-order valence-corrected chi connectivity index (χ3v) is 2.41. The highest BCUT2D eigenvalue weighted by molar-refractivity contribution is 6.31. The average molecular weight is 278 g/mol. The van der Waals surface area contributed by atoms with Crippen molar-refractivity contribution in [2.45, 2.75) is 18.4 Å². The van der Waals surface area contributed by atoms with E-state index < -0.39 is 40.6 Å². The standard InChI is InChI=1S/C9H6ClF6N/c10-4-2-6(12)5(11)1-3(4)7(17)9(15,16)8(13)14/h1-2,7-8H,17H2. The lowest BCUT2D eigenvalue weighted by atomic mass is 10.0. The van der Waals surface area contributed by atoms with Crippen LogP contribution >= 0.6 is 11.6 Å². The van der Waals surface area contributed by atoms with E-state index in [0.29, 0.717) is 6.07 Å². The predicted octanol–water partition coefficient (Wildman–Crippen LogP) is 3.52. The Hall–Kier alpha value is -0.950. The second kappa shape index (κ2) is 4.73. The largest absolute Gasteiger partial charge is 0.326 e. The highest BCUT2D eigenvalue weighted by Crippen LogP contribution is 2.38. The molecule has 1 aromatic carbocycles. The van der Waals surface area contributed by atoms with Gasteiger partial charge < -0.3 is 5.73 Å². The van der Waals surface area contributed by atoms with Gasteiger partial charge in [-0.2, -0.15) is 8.78 Å². The summed E-state index contributed by atoms with van der Waals surface area (Å²) in [4.78, 5) is 0. The van der Waals surface area contributed by atoms with Crippen LogP contribution in [-0.4, -0.2) is 12.3 Å². The number of nitrogens with two attached hydrogens (primary N) is 1. The summed E-state index contributed by atoms with van der Waals surface area (Å²) in [6, 6.07) is -1.85. The van der Waals surface area contributed by atoms with E-state index in [1.54, 1.807) is 0 Å². The number of halogens is 7. The molecule has 1 aromatic rings. The Labute approximate surface area is 97.2 Å². The molecule has 0 aliphatic rings. The maximum absolute atomic E-state index is 12.9. The van der Waals surface area contributed by atoms with Gasteiger partial charge in [0.05, 0.1) is 0 Å². The molecule has 96 valence electrons. The van der Waals surface area contributed by atoms with Gasteiger partial charge in [-0.1, -0.05) is 11.6 Å². The van der Waals surface area contributed by atoms with Crippen LogP contribution in [0.3, 0.4) is 0 Å². The summed E-state index contributed by atoms with van der Waals surface area (Å²) in [7, 11) is 0. The molecule has 0 amide bonds. The third kappa shape index (κ3) is 2.66. The summed E-state index contributed by atoms with van der Waals surface area (Å²) >= 11 is 5.34. The molecule has 1 nitrogen and oxygen atoms in total. The zero-order valence-corrected chi connectivity index (χ0v) is 8.79. The van der Waals surface area contributed by atoms with Gasteiger partial charge in [-0.05, 0) is 17.7 Å². The van der Waals surface area contributed by atoms with Crippen molar-refractivity contribution in [2.75, 3.05) is 0 Å². The molecule has 0 saturated heterocycles. The van der Waals surface area contributed by atoms with Crippen LogP contribution in [-0.2, 0) is 0 Å². The third-order valence-electron chi connectivity index (χ3n) is 2.08. The topological polar surface area (TPSA) is 26.0 Å². The smallest absolute Gasteiger partial charge is 0.319 e. The van der Waals surface area contributed by atoms with Gasteiger partial charge in [0.25, 0.3) is 0 Å². The Morgan fingerprint density at radius 2 is 1.59 bits per heavy atom. The molecule has 8 heteroatoms. The molecule has 0 spiro atoms. The summed E-state index contributed by atoms with van der Waals surface area (Å²) in [5.41, 5.74) is 4.11. The average Bonchev–Trinajstić information content (AvgIpc) is 2.22. The van der Waals surface area contributed by atoms with Crippen molar-refractivity contribution in [1.82, 2.24) is 0 Å². The number of benzene rings is 1. The molecular formula is C9H6ClF6N. The van der Waals surface area contributed by atoms with Gasteiger partial charge in [0, 0.05) is 5.02 Å². The summed E-state index contributed by atoms with van der Waals surface area (Å²) in [5, 5.41) is -0.642. The van der Waals surface area contributed by atoms with Gasteiger partial charge in [0.15, 0.2) is 11.6 Å². The fourth-order valence-electron chi connectivity index (χ4n) is 1.12. The Morgan fingerprint density at radius 3 is 2.06 bits per heavy atom. The lowest BCUT2D eigenvalue weighted by molar-refractivity contribution is -0.144. The van der Waals surface area contributed by atoms with Gasteiger partial charge in [-0.25, -0.2) is 17.6 Å². The Morgan fingerprint density at radius 1 is 1.12 bits per heavy atom. The van der Waals surface area contributed by atoms with Crippen LogP contribution in [0.25, 0.3) is 0 Å². The van der Waals surface area contributed by atoms with Crippen molar-refractivity contribution in [1.29, 1.82) is 0 Å². The molecule has 0 aliphatic carbocycles. The van der Waals surface area contributed by atoms with Gasteiger partial charge in [-0.15, -0.1) is 0 Å². The minimum atomic E-state index is -4.59. The molecule has 17 heavy (non-hydrogen) atoms. The summed E-state index contributed by atoms with van der Waals surface area (Å²) in [6.45, 7) is 0. The first-order chi connectivity index (χ1) is 7.67. The SMILES string of the molecule is NC(c1cc(F)c(F)cc1Cl)C(F)(F)C(F)F. The molecule has 0 heterocycles. The van der Waals surface area contributed by atoms with E-state index in [1.165, 1.54) is 0 Å². The van der Waals surface area contributed by atoms with Gasteiger partial charge in [-0.3, -0.25) is 0 Å². The normalized spacial score (nSPS) is 14.2. The Bertz CT molecular complexity index is 422. The van der Waals surface area contributed by atoms with Crippen molar-refractivity contribution in [3.05, 3.63) is 34.4 Å². The second-order valence-corrected chi connectivity index (χ2v) is 3.65. The molecular weight excluding hydrogens is 272 g/mol. The molecule has 0 aliphatic heterocycles. The van der Waals surface area contributed by atoms with Crippen LogP contribution in [0.2, 0.25) is 5.02 Å². The lowest BCUT2D eigenvalue weighted by Crippen LogP contribution is -2.39. The van der Waals surface area contributed by atoms with Crippen LogP contribution < -0.4 is 5.73 Å². The van der Waals surface area contributed by atoms with E-state index in [9.17, 15) is 26.3 Å². The van der Waals surface area contributed by atoms with Gasteiger partial charge >= 0.3 is 12.3 Å². The Balaban J connectivity index is 3.21.